The molecule has 0 spiro atoms. The highest BCUT2D eigenvalue weighted by atomic mass is 15.1. The molecule has 328 valence electrons. The Hall–Kier alpha value is -9.24. The second-order valence-corrected chi connectivity index (χ2v) is 18.0. The zero-order chi connectivity index (χ0) is 46.4. The predicted molar refractivity (Wildman–Crippen MR) is 298 cm³/mol. The Morgan fingerprint density at radius 3 is 1.56 bits per heavy atom. The molecule has 0 amide bonds. The molecule has 0 atom stereocenters. The van der Waals surface area contributed by atoms with E-state index >= 15 is 0 Å². The number of anilines is 3. The van der Waals surface area contributed by atoms with Gasteiger partial charge in [-0.25, -0.2) is 0 Å². The lowest BCUT2D eigenvalue weighted by molar-refractivity contribution is 1.18. The fourth-order valence-corrected chi connectivity index (χ4v) is 10.8. The zero-order valence-electron chi connectivity index (χ0n) is 38.5. The van der Waals surface area contributed by atoms with Gasteiger partial charge in [0.2, 0.25) is 0 Å². The summed E-state index contributed by atoms with van der Waals surface area (Å²) in [7, 11) is 0. The molecule has 0 saturated carbocycles. The molecule has 70 heavy (non-hydrogen) atoms. The first-order valence-electron chi connectivity index (χ1n) is 24.1. The van der Waals surface area contributed by atoms with E-state index in [4.69, 9.17) is 0 Å². The number of hydrogen-bond donors (Lipinski definition) is 0. The SMILES string of the molecule is c1ccc(-c2ccccc2-c2c(-c3ccccc3)cccc2N(c2ccc(-c3cc4ccccc4c4ccccc34)cc2)c2cccc(-c3ccc4c5ccccc5n(-c5ccccc5)c4c3)c2)cc1. The van der Waals surface area contributed by atoms with Crippen molar-refractivity contribution in [3.05, 3.63) is 279 Å². The smallest absolute Gasteiger partial charge is 0.0547 e. The Balaban J connectivity index is 1.04. The van der Waals surface area contributed by atoms with Crippen LogP contribution in [0.25, 0.3) is 105 Å². The lowest BCUT2D eigenvalue weighted by atomic mass is 9.87. The van der Waals surface area contributed by atoms with Gasteiger partial charge in [0.25, 0.3) is 0 Å². The molecule has 13 aromatic rings. The summed E-state index contributed by atoms with van der Waals surface area (Å²) in [6, 6.07) is 102. The van der Waals surface area contributed by atoms with E-state index in [9.17, 15) is 0 Å². The molecule has 0 N–H and O–H groups in total. The van der Waals surface area contributed by atoms with Crippen molar-refractivity contribution in [2.75, 3.05) is 4.90 Å². The van der Waals surface area contributed by atoms with Crippen molar-refractivity contribution in [2.24, 2.45) is 0 Å². The average Bonchev–Trinajstić information content (AvgIpc) is 3.77. The lowest BCUT2D eigenvalue weighted by Gasteiger charge is -2.30. The van der Waals surface area contributed by atoms with E-state index in [1.165, 1.54) is 76.7 Å². The number of benzene rings is 12. The average molecular weight is 891 g/mol. The summed E-state index contributed by atoms with van der Waals surface area (Å²) in [5, 5.41) is 7.50. The van der Waals surface area contributed by atoms with Crippen molar-refractivity contribution in [2.45, 2.75) is 0 Å². The molecule has 2 nitrogen and oxygen atoms in total. The molecule has 0 aliphatic carbocycles. The number of rotatable bonds is 9. The van der Waals surface area contributed by atoms with Gasteiger partial charge in [0.15, 0.2) is 0 Å². The molecule has 0 radical (unpaired) electrons. The van der Waals surface area contributed by atoms with Gasteiger partial charge in [-0.3, -0.25) is 0 Å². The lowest BCUT2D eigenvalue weighted by Crippen LogP contribution is -2.12. The largest absolute Gasteiger partial charge is 0.310 e. The van der Waals surface area contributed by atoms with Crippen LogP contribution in [-0.2, 0) is 0 Å². The summed E-state index contributed by atoms with van der Waals surface area (Å²) in [4.78, 5) is 2.47. The van der Waals surface area contributed by atoms with E-state index < -0.39 is 0 Å². The molecule has 0 aliphatic heterocycles. The third kappa shape index (κ3) is 7.13. The summed E-state index contributed by atoms with van der Waals surface area (Å²) < 4.78 is 2.40. The molecule has 0 bridgehead atoms. The van der Waals surface area contributed by atoms with Crippen LogP contribution in [0.2, 0.25) is 0 Å². The van der Waals surface area contributed by atoms with Gasteiger partial charge in [-0.15, -0.1) is 0 Å². The van der Waals surface area contributed by atoms with E-state index in [0.717, 1.165) is 45.0 Å². The predicted octanol–water partition coefficient (Wildman–Crippen LogP) is 18.9. The van der Waals surface area contributed by atoms with E-state index in [1.807, 2.05) is 0 Å². The summed E-state index contributed by atoms with van der Waals surface area (Å²) >= 11 is 0. The van der Waals surface area contributed by atoms with Crippen LogP contribution in [0, 0.1) is 0 Å². The fraction of sp³-hybridized carbons (Fsp3) is 0. The zero-order valence-corrected chi connectivity index (χ0v) is 38.5. The molecule has 1 heterocycles. The van der Waals surface area contributed by atoms with E-state index in [0.29, 0.717) is 0 Å². The van der Waals surface area contributed by atoms with Crippen molar-refractivity contribution in [1.82, 2.24) is 4.57 Å². The van der Waals surface area contributed by atoms with Crippen LogP contribution in [0.15, 0.2) is 279 Å². The first-order chi connectivity index (χ1) is 34.7. The second kappa shape index (κ2) is 17.4. The minimum Gasteiger partial charge on any atom is -0.310 e. The number of para-hydroxylation sites is 2. The van der Waals surface area contributed by atoms with Gasteiger partial charge in [-0.1, -0.05) is 218 Å². The highest BCUT2D eigenvalue weighted by Crippen LogP contribution is 2.49. The summed E-state index contributed by atoms with van der Waals surface area (Å²) in [5.41, 5.74) is 18.5. The van der Waals surface area contributed by atoms with Gasteiger partial charge in [0.1, 0.15) is 0 Å². The van der Waals surface area contributed by atoms with Crippen LogP contribution in [0.3, 0.4) is 0 Å². The Morgan fingerprint density at radius 2 is 0.786 bits per heavy atom. The van der Waals surface area contributed by atoms with Gasteiger partial charge < -0.3 is 9.47 Å². The van der Waals surface area contributed by atoms with Crippen LogP contribution in [0.1, 0.15) is 0 Å². The van der Waals surface area contributed by atoms with Gasteiger partial charge >= 0.3 is 0 Å². The molecule has 2 heteroatoms. The third-order valence-electron chi connectivity index (χ3n) is 14.0. The van der Waals surface area contributed by atoms with E-state index in [2.05, 4.69) is 289 Å². The van der Waals surface area contributed by atoms with Gasteiger partial charge in [0, 0.05) is 33.4 Å². The topological polar surface area (TPSA) is 8.17 Å². The van der Waals surface area contributed by atoms with E-state index in [-0.39, 0.29) is 0 Å². The number of fused-ring (bicyclic) bond motifs is 6. The maximum absolute atomic E-state index is 2.47. The maximum Gasteiger partial charge on any atom is 0.0547 e. The molecule has 0 aliphatic rings. The molecular formula is C68H46N2. The Labute approximate surface area is 408 Å². The monoisotopic (exact) mass is 890 g/mol. The standard InChI is InChI=1S/C68H46N2/c1-4-20-47(21-5-1)56-29-12-15-34-63(56)68-58(48-22-6-2-7-23-48)35-19-37-66(68)69(54-41-38-49(39-42-54)64-45-52-24-10-11-30-57(52)59-31-13-14-32-60(59)64)55-28-18-25-50(44-55)51-40-43-62-61-33-16-17-36-65(61)70(67(62)46-51)53-26-8-3-9-27-53/h1-46H. The van der Waals surface area contributed by atoms with Crippen LogP contribution in [0.4, 0.5) is 17.1 Å². The van der Waals surface area contributed by atoms with Crippen molar-refractivity contribution < 1.29 is 0 Å². The molecule has 0 saturated heterocycles. The third-order valence-corrected chi connectivity index (χ3v) is 14.0. The number of nitrogens with zero attached hydrogens (tertiary/aromatic N) is 2. The molecular weight excluding hydrogens is 845 g/mol. The molecule has 0 unspecified atom stereocenters. The second-order valence-electron chi connectivity index (χ2n) is 18.0. The van der Waals surface area contributed by atoms with Crippen molar-refractivity contribution in [1.29, 1.82) is 0 Å². The molecule has 0 fully saturated rings. The van der Waals surface area contributed by atoms with Crippen molar-refractivity contribution in [3.8, 4) is 61.3 Å². The van der Waals surface area contributed by atoms with Crippen LogP contribution >= 0.6 is 0 Å². The molecule has 13 rings (SSSR count). The highest BCUT2D eigenvalue weighted by Gasteiger charge is 2.24. The number of hydrogen-bond acceptors (Lipinski definition) is 1. The first-order valence-corrected chi connectivity index (χ1v) is 24.1. The van der Waals surface area contributed by atoms with Crippen molar-refractivity contribution in [3.63, 3.8) is 0 Å². The molecule has 1 aromatic heterocycles. The summed E-state index contributed by atoms with van der Waals surface area (Å²) in [5.74, 6) is 0. The van der Waals surface area contributed by atoms with Gasteiger partial charge in [-0.05, 0) is 132 Å². The quantitative estimate of drug-likeness (QED) is 0.131. The van der Waals surface area contributed by atoms with Gasteiger partial charge in [-0.2, -0.15) is 0 Å². The van der Waals surface area contributed by atoms with Crippen molar-refractivity contribution >= 4 is 60.4 Å². The van der Waals surface area contributed by atoms with Gasteiger partial charge in [0.05, 0.1) is 16.7 Å². The van der Waals surface area contributed by atoms with Crippen LogP contribution in [0.5, 0.6) is 0 Å². The summed E-state index contributed by atoms with van der Waals surface area (Å²) in [6.45, 7) is 0. The van der Waals surface area contributed by atoms with E-state index in [1.54, 1.807) is 0 Å². The minimum absolute atomic E-state index is 1.06. The minimum atomic E-state index is 1.06. The molecule has 12 aromatic carbocycles. The Kier molecular flexibility index (Phi) is 10.2. The summed E-state index contributed by atoms with van der Waals surface area (Å²) in [6.07, 6.45) is 0. The number of aromatic nitrogens is 1. The highest BCUT2D eigenvalue weighted by molar-refractivity contribution is 6.14. The van der Waals surface area contributed by atoms with Crippen LogP contribution < -0.4 is 4.90 Å². The fourth-order valence-electron chi connectivity index (χ4n) is 10.8. The Bertz CT molecular complexity index is 4040. The normalized spacial score (nSPS) is 11.4. The first kappa shape index (κ1) is 41.0. The Morgan fingerprint density at radius 1 is 0.257 bits per heavy atom. The van der Waals surface area contributed by atoms with Crippen LogP contribution in [-0.4, -0.2) is 4.57 Å². The maximum atomic E-state index is 2.47.